The molecule has 0 spiro atoms. The summed E-state index contributed by atoms with van der Waals surface area (Å²) in [5, 5.41) is 2.22. The van der Waals surface area contributed by atoms with E-state index >= 15 is 0 Å². The molecule has 5 rings (SSSR count). The summed E-state index contributed by atoms with van der Waals surface area (Å²) in [5.74, 6) is 0. The van der Waals surface area contributed by atoms with Gasteiger partial charge in [0, 0.05) is 34.3 Å². The molecular weight excluding hydrogens is 412 g/mol. The van der Waals surface area contributed by atoms with Crippen LogP contribution in [0.1, 0.15) is 52.7 Å². The van der Waals surface area contributed by atoms with Crippen molar-refractivity contribution in [2.24, 2.45) is 0 Å². The van der Waals surface area contributed by atoms with Crippen molar-refractivity contribution in [3.8, 4) is 22.3 Å². The van der Waals surface area contributed by atoms with Crippen molar-refractivity contribution in [2.45, 2.75) is 52.4 Å². The van der Waals surface area contributed by atoms with Gasteiger partial charge in [0.2, 0.25) is 0 Å². The summed E-state index contributed by atoms with van der Waals surface area (Å²) >= 11 is 0. The molecule has 34 heavy (non-hydrogen) atoms. The molecule has 3 aromatic carbocycles. The zero-order valence-electron chi connectivity index (χ0n) is 21.0. The van der Waals surface area contributed by atoms with Gasteiger partial charge in [0.1, 0.15) is 0 Å². The SMILES string of the molecule is CC(C)(C)c1ccc(-c2cnc3c(ccc4cc(-c5ccc(C(C)(C)C)cc5)cnc43)c2)cc1. The van der Waals surface area contributed by atoms with E-state index in [1.807, 2.05) is 12.4 Å². The third-order valence-corrected chi connectivity index (χ3v) is 6.67. The number of pyridine rings is 2. The summed E-state index contributed by atoms with van der Waals surface area (Å²) in [4.78, 5) is 9.67. The van der Waals surface area contributed by atoms with Crippen LogP contribution in [0.5, 0.6) is 0 Å². The monoisotopic (exact) mass is 444 g/mol. The van der Waals surface area contributed by atoms with Crippen molar-refractivity contribution < 1.29 is 0 Å². The molecule has 5 aromatic rings. The molecule has 170 valence electrons. The summed E-state index contributed by atoms with van der Waals surface area (Å²) < 4.78 is 0. The predicted molar refractivity (Wildman–Crippen MR) is 145 cm³/mol. The Hall–Kier alpha value is -3.52. The Morgan fingerprint density at radius 3 is 1.12 bits per heavy atom. The number of aromatic nitrogens is 2. The Labute approximate surface area is 202 Å². The molecule has 0 atom stereocenters. The molecular formula is C32H32N2. The first-order valence-electron chi connectivity index (χ1n) is 12.0. The van der Waals surface area contributed by atoms with Gasteiger partial charge in [0.05, 0.1) is 11.0 Å². The maximum Gasteiger partial charge on any atom is 0.0965 e. The summed E-state index contributed by atoms with van der Waals surface area (Å²) in [6.07, 6.45) is 3.93. The van der Waals surface area contributed by atoms with E-state index in [1.165, 1.54) is 22.3 Å². The zero-order valence-corrected chi connectivity index (χ0v) is 21.0. The Morgan fingerprint density at radius 2 is 0.794 bits per heavy atom. The fourth-order valence-corrected chi connectivity index (χ4v) is 4.43. The Kier molecular flexibility index (Phi) is 5.28. The Morgan fingerprint density at radius 1 is 0.441 bits per heavy atom. The molecule has 0 bridgehead atoms. The summed E-state index contributed by atoms with van der Waals surface area (Å²) in [7, 11) is 0. The number of fused-ring (bicyclic) bond motifs is 3. The lowest BCUT2D eigenvalue weighted by Crippen LogP contribution is -2.10. The van der Waals surface area contributed by atoms with E-state index in [4.69, 9.17) is 9.97 Å². The lowest BCUT2D eigenvalue weighted by atomic mass is 9.86. The first-order valence-corrected chi connectivity index (χ1v) is 12.0. The maximum absolute atomic E-state index is 4.84. The average Bonchev–Trinajstić information content (AvgIpc) is 2.82. The van der Waals surface area contributed by atoms with Gasteiger partial charge in [0.25, 0.3) is 0 Å². The van der Waals surface area contributed by atoms with E-state index in [1.54, 1.807) is 0 Å². The number of hydrogen-bond acceptors (Lipinski definition) is 2. The highest BCUT2D eigenvalue weighted by atomic mass is 14.7. The van der Waals surface area contributed by atoms with E-state index < -0.39 is 0 Å². The summed E-state index contributed by atoms with van der Waals surface area (Å²) in [6.45, 7) is 13.4. The number of benzene rings is 3. The second-order valence-electron chi connectivity index (χ2n) is 11.3. The van der Waals surface area contributed by atoms with Gasteiger partial charge in [-0.3, -0.25) is 9.97 Å². The predicted octanol–water partition coefficient (Wildman–Crippen LogP) is 8.71. The molecule has 0 aliphatic heterocycles. The van der Waals surface area contributed by atoms with Crippen LogP contribution in [-0.4, -0.2) is 9.97 Å². The Balaban J connectivity index is 1.50. The Bertz CT molecular complexity index is 1360. The van der Waals surface area contributed by atoms with Crippen molar-refractivity contribution in [1.29, 1.82) is 0 Å². The van der Waals surface area contributed by atoms with E-state index in [0.717, 1.165) is 32.9 Å². The van der Waals surface area contributed by atoms with E-state index in [2.05, 4.69) is 114 Å². The van der Waals surface area contributed by atoms with Crippen molar-refractivity contribution in [3.05, 3.63) is 96.3 Å². The minimum Gasteiger partial charge on any atom is -0.253 e. The standard InChI is InChI=1S/C32H32N2/c1-31(2,3)27-13-9-21(10-14-27)25-17-23-7-8-24-18-26(20-34-30(24)29(23)33-19-25)22-11-15-28(16-12-22)32(4,5)6/h7-20H,1-6H3. The van der Waals surface area contributed by atoms with Crippen LogP contribution >= 0.6 is 0 Å². The summed E-state index contributed by atoms with van der Waals surface area (Å²) in [6, 6.07) is 26.4. The van der Waals surface area contributed by atoms with Crippen LogP contribution < -0.4 is 0 Å². The van der Waals surface area contributed by atoms with Crippen LogP contribution in [-0.2, 0) is 10.8 Å². The highest BCUT2D eigenvalue weighted by Gasteiger charge is 2.15. The molecule has 0 amide bonds. The normalized spacial score (nSPS) is 12.4. The van der Waals surface area contributed by atoms with Gasteiger partial charge in [-0.2, -0.15) is 0 Å². The van der Waals surface area contributed by atoms with Crippen LogP contribution in [0.2, 0.25) is 0 Å². The molecule has 2 heteroatoms. The molecule has 0 saturated heterocycles. The molecule has 0 aliphatic rings. The van der Waals surface area contributed by atoms with Gasteiger partial charge in [-0.15, -0.1) is 0 Å². The third-order valence-electron chi connectivity index (χ3n) is 6.67. The van der Waals surface area contributed by atoms with Crippen molar-refractivity contribution in [1.82, 2.24) is 9.97 Å². The van der Waals surface area contributed by atoms with Crippen LogP contribution in [0.25, 0.3) is 44.1 Å². The molecule has 0 aliphatic carbocycles. The van der Waals surface area contributed by atoms with E-state index in [0.29, 0.717) is 0 Å². The highest BCUT2D eigenvalue weighted by molar-refractivity contribution is 6.04. The van der Waals surface area contributed by atoms with Crippen molar-refractivity contribution in [2.75, 3.05) is 0 Å². The molecule has 2 aromatic heterocycles. The molecule has 0 unspecified atom stereocenters. The van der Waals surface area contributed by atoms with Crippen LogP contribution in [0, 0.1) is 0 Å². The highest BCUT2D eigenvalue weighted by Crippen LogP contribution is 2.31. The summed E-state index contributed by atoms with van der Waals surface area (Å²) in [5.41, 5.74) is 9.49. The zero-order chi connectivity index (χ0) is 24.1. The van der Waals surface area contributed by atoms with Crippen molar-refractivity contribution >= 4 is 21.8 Å². The van der Waals surface area contributed by atoms with E-state index in [-0.39, 0.29) is 10.8 Å². The van der Waals surface area contributed by atoms with Gasteiger partial charge >= 0.3 is 0 Å². The minimum atomic E-state index is 0.151. The molecule has 0 N–H and O–H groups in total. The quantitative estimate of drug-likeness (QED) is 0.254. The number of nitrogens with zero attached hydrogens (tertiary/aromatic N) is 2. The van der Waals surface area contributed by atoms with Crippen LogP contribution in [0.15, 0.2) is 85.2 Å². The van der Waals surface area contributed by atoms with Crippen molar-refractivity contribution in [3.63, 3.8) is 0 Å². The average molecular weight is 445 g/mol. The first kappa shape index (κ1) is 22.3. The molecule has 0 saturated carbocycles. The molecule has 2 nitrogen and oxygen atoms in total. The van der Waals surface area contributed by atoms with Crippen LogP contribution in [0.3, 0.4) is 0 Å². The molecule has 2 heterocycles. The molecule has 0 radical (unpaired) electrons. The fourth-order valence-electron chi connectivity index (χ4n) is 4.43. The topological polar surface area (TPSA) is 25.8 Å². The van der Waals surface area contributed by atoms with Gasteiger partial charge < -0.3 is 0 Å². The lowest BCUT2D eigenvalue weighted by molar-refractivity contribution is 0.590. The largest absolute Gasteiger partial charge is 0.253 e. The van der Waals surface area contributed by atoms with Crippen LogP contribution in [0.4, 0.5) is 0 Å². The van der Waals surface area contributed by atoms with Gasteiger partial charge in [-0.1, -0.05) is 102 Å². The van der Waals surface area contributed by atoms with E-state index in [9.17, 15) is 0 Å². The fraction of sp³-hybridized carbons (Fsp3) is 0.250. The third kappa shape index (κ3) is 4.21. The van der Waals surface area contributed by atoms with Gasteiger partial charge in [-0.25, -0.2) is 0 Å². The second-order valence-corrected chi connectivity index (χ2v) is 11.3. The smallest absolute Gasteiger partial charge is 0.0965 e. The second kappa shape index (κ2) is 8.06. The number of rotatable bonds is 2. The maximum atomic E-state index is 4.84. The number of hydrogen-bond donors (Lipinski definition) is 0. The minimum absolute atomic E-state index is 0.151. The first-order chi connectivity index (χ1) is 16.1. The lowest BCUT2D eigenvalue weighted by Gasteiger charge is -2.19. The van der Waals surface area contributed by atoms with Gasteiger partial charge in [-0.05, 0) is 45.2 Å². The molecule has 0 fully saturated rings. The van der Waals surface area contributed by atoms with Gasteiger partial charge in [0.15, 0.2) is 0 Å².